The van der Waals surface area contributed by atoms with Gasteiger partial charge in [-0.05, 0) is 31.9 Å². The van der Waals surface area contributed by atoms with Crippen molar-refractivity contribution in [3.05, 3.63) is 30.3 Å². The van der Waals surface area contributed by atoms with Gasteiger partial charge in [0.25, 0.3) is 0 Å². The summed E-state index contributed by atoms with van der Waals surface area (Å²) in [6, 6.07) is 8.73. The number of nitrogens with zero attached hydrogens (tertiary/aromatic N) is 1. The lowest BCUT2D eigenvalue weighted by atomic mass is 10.2. The zero-order valence-electron chi connectivity index (χ0n) is 13.8. The molecule has 128 valence electrons. The van der Waals surface area contributed by atoms with Crippen molar-refractivity contribution in [2.24, 2.45) is 0 Å². The highest BCUT2D eigenvalue weighted by atomic mass is 32.2. The first-order valence-electron chi connectivity index (χ1n) is 7.51. The van der Waals surface area contributed by atoms with Gasteiger partial charge in [0.2, 0.25) is 11.8 Å². The molecule has 0 saturated heterocycles. The van der Waals surface area contributed by atoms with Gasteiger partial charge in [0.1, 0.15) is 5.25 Å². The van der Waals surface area contributed by atoms with Gasteiger partial charge in [-0.25, -0.2) is 8.42 Å². The van der Waals surface area contributed by atoms with E-state index in [1.807, 2.05) is 6.07 Å². The molecule has 1 N–H and O–H groups in total. The van der Waals surface area contributed by atoms with Gasteiger partial charge in [0.15, 0.2) is 9.84 Å². The lowest BCUT2D eigenvalue weighted by Crippen LogP contribution is -2.34. The SMILES string of the molecule is C[C@@H](C(=O)Nc1ccccc1)S(=O)(=O)CCCCC(=O)N(C)C. The van der Waals surface area contributed by atoms with Gasteiger partial charge in [-0.3, -0.25) is 9.59 Å². The molecule has 23 heavy (non-hydrogen) atoms. The van der Waals surface area contributed by atoms with Crippen molar-refractivity contribution in [1.29, 1.82) is 0 Å². The van der Waals surface area contributed by atoms with Crippen LogP contribution in [-0.2, 0) is 19.4 Å². The molecule has 1 aromatic carbocycles. The van der Waals surface area contributed by atoms with Crippen LogP contribution in [0.2, 0.25) is 0 Å². The maximum absolute atomic E-state index is 12.2. The molecule has 0 bridgehead atoms. The number of benzene rings is 1. The third-order valence-electron chi connectivity index (χ3n) is 3.52. The molecule has 0 spiro atoms. The van der Waals surface area contributed by atoms with E-state index in [-0.39, 0.29) is 11.7 Å². The summed E-state index contributed by atoms with van der Waals surface area (Å²) in [5.74, 6) is -0.672. The minimum atomic E-state index is -3.53. The van der Waals surface area contributed by atoms with Crippen LogP contribution in [0.3, 0.4) is 0 Å². The molecule has 0 saturated carbocycles. The molecule has 0 radical (unpaired) electrons. The third-order valence-corrected chi connectivity index (χ3v) is 5.67. The van der Waals surface area contributed by atoms with Crippen molar-refractivity contribution in [2.75, 3.05) is 25.2 Å². The molecule has 7 heteroatoms. The Morgan fingerprint density at radius 3 is 2.30 bits per heavy atom. The topological polar surface area (TPSA) is 83.5 Å². The van der Waals surface area contributed by atoms with E-state index in [1.165, 1.54) is 11.8 Å². The second-order valence-corrected chi connectivity index (χ2v) is 8.05. The summed E-state index contributed by atoms with van der Waals surface area (Å²) in [6.07, 6.45) is 1.17. The second kappa shape index (κ2) is 8.67. The van der Waals surface area contributed by atoms with Crippen LogP contribution < -0.4 is 5.32 Å². The summed E-state index contributed by atoms with van der Waals surface area (Å²) in [6.45, 7) is 1.39. The quantitative estimate of drug-likeness (QED) is 0.730. The van der Waals surface area contributed by atoms with Gasteiger partial charge in [-0.1, -0.05) is 18.2 Å². The lowest BCUT2D eigenvalue weighted by Gasteiger charge is -2.14. The first-order chi connectivity index (χ1) is 10.7. The highest BCUT2D eigenvalue weighted by Gasteiger charge is 2.27. The molecule has 0 fully saturated rings. The summed E-state index contributed by atoms with van der Waals surface area (Å²) in [4.78, 5) is 24.9. The maximum atomic E-state index is 12.2. The third kappa shape index (κ3) is 6.40. The Bertz CT molecular complexity index is 627. The molecule has 1 atom stereocenters. The molecule has 0 heterocycles. The van der Waals surface area contributed by atoms with Crippen LogP contribution in [0.5, 0.6) is 0 Å². The van der Waals surface area contributed by atoms with E-state index >= 15 is 0 Å². The van der Waals surface area contributed by atoms with Crippen LogP contribution in [0.1, 0.15) is 26.2 Å². The minimum Gasteiger partial charge on any atom is -0.349 e. The van der Waals surface area contributed by atoms with Crippen LogP contribution in [0, 0.1) is 0 Å². The Kier molecular flexibility index (Phi) is 7.22. The molecule has 1 aromatic rings. The standard InChI is InChI=1S/C16H24N2O4S/c1-13(16(20)17-14-9-5-4-6-10-14)23(21,22)12-8-7-11-15(19)18(2)3/h4-6,9-10,13H,7-8,11-12H2,1-3H3,(H,17,20)/t13-/m0/s1. The average Bonchev–Trinajstić information content (AvgIpc) is 2.51. The average molecular weight is 340 g/mol. The molecule has 0 aliphatic heterocycles. The molecule has 0 unspecified atom stereocenters. The number of rotatable bonds is 8. The fourth-order valence-corrected chi connectivity index (χ4v) is 3.25. The number of sulfone groups is 1. The van der Waals surface area contributed by atoms with Gasteiger partial charge >= 0.3 is 0 Å². The summed E-state index contributed by atoms with van der Waals surface area (Å²) in [7, 11) is -0.211. The Hall–Kier alpha value is -1.89. The van der Waals surface area contributed by atoms with Gasteiger partial charge in [-0.15, -0.1) is 0 Å². The first-order valence-corrected chi connectivity index (χ1v) is 9.23. The smallest absolute Gasteiger partial charge is 0.242 e. The monoisotopic (exact) mass is 340 g/mol. The largest absolute Gasteiger partial charge is 0.349 e. The minimum absolute atomic E-state index is 0.0303. The van der Waals surface area contributed by atoms with E-state index in [0.29, 0.717) is 24.9 Å². The predicted octanol–water partition coefficient (Wildman–Crippen LogP) is 1.69. The van der Waals surface area contributed by atoms with Gasteiger partial charge in [0.05, 0.1) is 5.75 Å². The van der Waals surface area contributed by atoms with Crippen LogP contribution in [0.4, 0.5) is 5.69 Å². The van der Waals surface area contributed by atoms with Gasteiger partial charge < -0.3 is 10.2 Å². The van der Waals surface area contributed by atoms with Crippen LogP contribution in [0.15, 0.2) is 30.3 Å². The highest BCUT2D eigenvalue weighted by Crippen LogP contribution is 2.11. The van der Waals surface area contributed by atoms with Crippen molar-refractivity contribution < 1.29 is 18.0 Å². The normalized spacial score (nSPS) is 12.5. The predicted molar refractivity (Wildman–Crippen MR) is 90.9 cm³/mol. The number of hydrogen-bond donors (Lipinski definition) is 1. The van der Waals surface area contributed by atoms with E-state index in [0.717, 1.165) is 0 Å². The molecule has 1 rings (SSSR count). The Labute approximate surface area is 137 Å². The van der Waals surface area contributed by atoms with Crippen LogP contribution >= 0.6 is 0 Å². The summed E-state index contributed by atoms with van der Waals surface area (Å²) in [5, 5.41) is 1.47. The van der Waals surface area contributed by atoms with E-state index < -0.39 is 21.0 Å². The number of anilines is 1. The lowest BCUT2D eigenvalue weighted by molar-refractivity contribution is -0.128. The van der Waals surface area contributed by atoms with E-state index in [1.54, 1.807) is 38.4 Å². The maximum Gasteiger partial charge on any atom is 0.242 e. The van der Waals surface area contributed by atoms with Crippen molar-refractivity contribution >= 4 is 27.3 Å². The summed E-state index contributed by atoms with van der Waals surface area (Å²) < 4.78 is 24.4. The number of unbranched alkanes of at least 4 members (excludes halogenated alkanes) is 1. The zero-order chi connectivity index (χ0) is 17.5. The van der Waals surface area contributed by atoms with Gasteiger partial charge in [0, 0.05) is 26.2 Å². The molecule has 6 nitrogen and oxygen atoms in total. The number of para-hydroxylation sites is 1. The molecular weight excluding hydrogens is 316 g/mol. The summed E-state index contributed by atoms with van der Waals surface area (Å²) in [5.41, 5.74) is 0.566. The number of hydrogen-bond acceptors (Lipinski definition) is 4. The highest BCUT2D eigenvalue weighted by molar-refractivity contribution is 7.92. The number of amides is 2. The fraction of sp³-hybridized carbons (Fsp3) is 0.500. The van der Waals surface area contributed by atoms with Crippen LogP contribution in [-0.4, -0.2) is 50.2 Å². The van der Waals surface area contributed by atoms with Crippen molar-refractivity contribution in [2.45, 2.75) is 31.4 Å². The van der Waals surface area contributed by atoms with E-state index in [2.05, 4.69) is 5.32 Å². The summed E-state index contributed by atoms with van der Waals surface area (Å²) >= 11 is 0. The number of carbonyl (C=O) groups is 2. The molecular formula is C16H24N2O4S. The number of carbonyl (C=O) groups excluding carboxylic acids is 2. The first kappa shape index (κ1) is 19.2. The zero-order valence-corrected chi connectivity index (χ0v) is 14.6. The Morgan fingerprint density at radius 2 is 1.74 bits per heavy atom. The van der Waals surface area contributed by atoms with Crippen molar-refractivity contribution in [3.8, 4) is 0 Å². The Balaban J connectivity index is 2.48. The van der Waals surface area contributed by atoms with E-state index in [4.69, 9.17) is 0 Å². The number of nitrogens with one attached hydrogen (secondary N) is 1. The Morgan fingerprint density at radius 1 is 1.13 bits per heavy atom. The molecule has 0 aliphatic rings. The van der Waals surface area contributed by atoms with Crippen molar-refractivity contribution in [3.63, 3.8) is 0 Å². The van der Waals surface area contributed by atoms with Crippen molar-refractivity contribution in [1.82, 2.24) is 4.90 Å². The van der Waals surface area contributed by atoms with E-state index in [9.17, 15) is 18.0 Å². The second-order valence-electron chi connectivity index (χ2n) is 5.61. The fourth-order valence-electron chi connectivity index (χ4n) is 1.91. The van der Waals surface area contributed by atoms with Gasteiger partial charge in [-0.2, -0.15) is 0 Å². The molecule has 0 aromatic heterocycles. The molecule has 0 aliphatic carbocycles. The molecule has 2 amide bonds. The van der Waals surface area contributed by atoms with Crippen LogP contribution in [0.25, 0.3) is 0 Å².